The van der Waals surface area contributed by atoms with Gasteiger partial charge in [0.1, 0.15) is 11.9 Å². The molecule has 1 aliphatic heterocycles. The van der Waals surface area contributed by atoms with Crippen molar-refractivity contribution in [2.24, 2.45) is 0 Å². The van der Waals surface area contributed by atoms with Crippen molar-refractivity contribution in [3.63, 3.8) is 0 Å². The van der Waals surface area contributed by atoms with Gasteiger partial charge in [-0.3, -0.25) is 9.78 Å². The van der Waals surface area contributed by atoms with Gasteiger partial charge in [-0.25, -0.2) is 4.79 Å². The van der Waals surface area contributed by atoms with Gasteiger partial charge in [-0.1, -0.05) is 18.2 Å². The van der Waals surface area contributed by atoms with Gasteiger partial charge in [0.05, 0.1) is 12.7 Å². The number of carbonyl (C=O) groups is 2. The van der Waals surface area contributed by atoms with Crippen LogP contribution in [0.5, 0.6) is 5.75 Å². The SMILES string of the molecule is COC(=O)c1cccc(CCC(=O)c2ccc3c(c2)OC(C)c2cnccc2-3)c1. The molecule has 0 amide bonds. The summed E-state index contributed by atoms with van der Waals surface area (Å²) >= 11 is 0. The first kappa shape index (κ1) is 18.9. The number of hydrogen-bond acceptors (Lipinski definition) is 5. The van der Waals surface area contributed by atoms with Crippen LogP contribution in [-0.2, 0) is 11.2 Å². The molecule has 0 bridgehead atoms. The Morgan fingerprint density at radius 1 is 1.07 bits per heavy atom. The van der Waals surface area contributed by atoms with Crippen LogP contribution in [0.4, 0.5) is 0 Å². The number of ketones is 1. The smallest absolute Gasteiger partial charge is 0.337 e. The Morgan fingerprint density at radius 3 is 2.76 bits per heavy atom. The van der Waals surface area contributed by atoms with E-state index >= 15 is 0 Å². The van der Waals surface area contributed by atoms with Crippen LogP contribution >= 0.6 is 0 Å². The van der Waals surface area contributed by atoms with Crippen LogP contribution in [0, 0.1) is 0 Å². The average Bonchev–Trinajstić information content (AvgIpc) is 2.77. The van der Waals surface area contributed by atoms with Crippen molar-refractivity contribution in [3.05, 3.63) is 83.2 Å². The van der Waals surface area contributed by atoms with Crippen molar-refractivity contribution in [2.45, 2.75) is 25.9 Å². The number of rotatable bonds is 5. The Bertz CT molecular complexity index is 1090. The number of benzene rings is 2. The summed E-state index contributed by atoms with van der Waals surface area (Å²) in [6.07, 6.45) is 4.37. The van der Waals surface area contributed by atoms with Crippen molar-refractivity contribution < 1.29 is 19.1 Å². The van der Waals surface area contributed by atoms with Crippen LogP contribution in [0.1, 0.15) is 51.3 Å². The highest BCUT2D eigenvalue weighted by atomic mass is 16.5. The van der Waals surface area contributed by atoms with E-state index in [1.54, 1.807) is 24.4 Å². The summed E-state index contributed by atoms with van der Waals surface area (Å²) in [5.74, 6) is 0.373. The minimum atomic E-state index is -0.380. The molecule has 0 saturated heterocycles. The summed E-state index contributed by atoms with van der Waals surface area (Å²) in [6.45, 7) is 1.98. The summed E-state index contributed by atoms with van der Waals surface area (Å²) in [6, 6.07) is 14.7. The molecule has 5 nitrogen and oxygen atoms in total. The number of methoxy groups -OCH3 is 1. The fourth-order valence-electron chi connectivity index (χ4n) is 3.62. The maximum absolute atomic E-state index is 12.7. The van der Waals surface area contributed by atoms with E-state index in [1.807, 2.05) is 43.5 Å². The van der Waals surface area contributed by atoms with E-state index in [9.17, 15) is 9.59 Å². The summed E-state index contributed by atoms with van der Waals surface area (Å²) in [5, 5.41) is 0. The number of aryl methyl sites for hydroxylation is 1. The molecule has 4 rings (SSSR count). The highest BCUT2D eigenvalue weighted by Gasteiger charge is 2.24. The van der Waals surface area contributed by atoms with E-state index in [2.05, 4.69) is 4.98 Å². The van der Waals surface area contributed by atoms with Crippen molar-refractivity contribution in [2.75, 3.05) is 7.11 Å². The van der Waals surface area contributed by atoms with Crippen molar-refractivity contribution >= 4 is 11.8 Å². The molecule has 146 valence electrons. The normalized spacial score (nSPS) is 14.3. The number of nitrogens with zero attached hydrogens (tertiary/aromatic N) is 1. The molecule has 0 aliphatic carbocycles. The van der Waals surface area contributed by atoms with Crippen LogP contribution < -0.4 is 4.74 Å². The van der Waals surface area contributed by atoms with Gasteiger partial charge in [-0.05, 0) is 54.8 Å². The molecule has 0 saturated carbocycles. The van der Waals surface area contributed by atoms with Gasteiger partial charge in [0.25, 0.3) is 0 Å². The number of Topliss-reactive ketones (excluding diaryl/α,β-unsaturated/α-hetero) is 1. The van der Waals surface area contributed by atoms with E-state index in [-0.39, 0.29) is 17.9 Å². The van der Waals surface area contributed by atoms with Gasteiger partial charge < -0.3 is 9.47 Å². The van der Waals surface area contributed by atoms with Crippen molar-refractivity contribution in [3.8, 4) is 16.9 Å². The number of fused-ring (bicyclic) bond motifs is 3. The molecule has 1 aliphatic rings. The number of aromatic nitrogens is 1. The molecule has 0 spiro atoms. The summed E-state index contributed by atoms with van der Waals surface area (Å²) < 4.78 is 10.8. The van der Waals surface area contributed by atoms with E-state index in [1.165, 1.54) is 7.11 Å². The van der Waals surface area contributed by atoms with E-state index in [0.717, 1.165) is 28.0 Å². The zero-order valence-electron chi connectivity index (χ0n) is 16.3. The fourth-order valence-corrected chi connectivity index (χ4v) is 3.62. The second-order valence-electron chi connectivity index (χ2n) is 7.05. The third-order valence-corrected chi connectivity index (χ3v) is 5.18. The summed E-state index contributed by atoms with van der Waals surface area (Å²) in [4.78, 5) is 28.6. The predicted octanol–water partition coefficient (Wildman–Crippen LogP) is 4.80. The minimum Gasteiger partial charge on any atom is -0.485 e. The molecule has 2 heterocycles. The third kappa shape index (κ3) is 3.76. The lowest BCUT2D eigenvalue weighted by Crippen LogP contribution is -2.12. The Kier molecular flexibility index (Phi) is 5.12. The van der Waals surface area contributed by atoms with Crippen LogP contribution in [0.3, 0.4) is 0 Å². The molecule has 29 heavy (non-hydrogen) atoms. The topological polar surface area (TPSA) is 65.5 Å². The highest BCUT2D eigenvalue weighted by Crippen LogP contribution is 2.42. The lowest BCUT2D eigenvalue weighted by atomic mass is 9.93. The van der Waals surface area contributed by atoms with Gasteiger partial charge in [-0.15, -0.1) is 0 Å². The van der Waals surface area contributed by atoms with Crippen molar-refractivity contribution in [1.29, 1.82) is 0 Å². The molecular weight excluding hydrogens is 366 g/mol. The van der Waals surface area contributed by atoms with Gasteiger partial charge in [0, 0.05) is 35.5 Å². The van der Waals surface area contributed by atoms with Gasteiger partial charge in [0.2, 0.25) is 0 Å². The van der Waals surface area contributed by atoms with Gasteiger partial charge >= 0.3 is 5.97 Å². The molecule has 1 atom stereocenters. The molecule has 0 fully saturated rings. The maximum atomic E-state index is 12.7. The standard InChI is InChI=1S/C24H21NO4/c1-15-21-14-25-11-10-19(21)20-8-7-17(13-23(20)29-15)22(26)9-6-16-4-3-5-18(12-16)24(27)28-2/h3-5,7-8,10-15H,6,9H2,1-2H3. The molecule has 2 aromatic carbocycles. The van der Waals surface area contributed by atoms with E-state index < -0.39 is 0 Å². The van der Waals surface area contributed by atoms with Gasteiger partial charge in [0.15, 0.2) is 5.78 Å². The van der Waals surface area contributed by atoms with Crippen LogP contribution in [0.2, 0.25) is 0 Å². The Balaban J connectivity index is 1.51. The second-order valence-corrected chi connectivity index (χ2v) is 7.05. The molecule has 0 N–H and O–H groups in total. The number of esters is 1. The average molecular weight is 387 g/mol. The molecular formula is C24H21NO4. The molecule has 1 aromatic heterocycles. The lowest BCUT2D eigenvalue weighted by molar-refractivity contribution is 0.0600. The van der Waals surface area contributed by atoms with E-state index in [4.69, 9.17) is 9.47 Å². The summed E-state index contributed by atoms with van der Waals surface area (Å²) in [7, 11) is 1.35. The largest absolute Gasteiger partial charge is 0.485 e. The zero-order valence-corrected chi connectivity index (χ0v) is 16.3. The predicted molar refractivity (Wildman–Crippen MR) is 109 cm³/mol. The molecule has 5 heteroatoms. The Hall–Kier alpha value is -3.47. The lowest BCUT2D eigenvalue weighted by Gasteiger charge is -2.26. The first-order valence-corrected chi connectivity index (χ1v) is 9.52. The first-order valence-electron chi connectivity index (χ1n) is 9.52. The molecule has 1 unspecified atom stereocenters. The molecule has 3 aromatic rings. The van der Waals surface area contributed by atoms with Gasteiger partial charge in [-0.2, -0.15) is 0 Å². The van der Waals surface area contributed by atoms with Crippen LogP contribution in [0.25, 0.3) is 11.1 Å². The van der Waals surface area contributed by atoms with Crippen molar-refractivity contribution in [1.82, 2.24) is 4.98 Å². The molecule has 0 radical (unpaired) electrons. The number of pyridine rings is 1. The highest BCUT2D eigenvalue weighted by molar-refractivity contribution is 5.97. The Morgan fingerprint density at radius 2 is 1.93 bits per heavy atom. The number of carbonyl (C=O) groups excluding carboxylic acids is 2. The fraction of sp³-hybridized carbons (Fsp3) is 0.208. The summed E-state index contributed by atoms with van der Waals surface area (Å²) in [5.41, 5.74) is 5.14. The van der Waals surface area contributed by atoms with Crippen LogP contribution in [0.15, 0.2) is 60.9 Å². The minimum absolute atomic E-state index is 0.0352. The monoisotopic (exact) mass is 387 g/mol. The second kappa shape index (κ2) is 7.87. The van der Waals surface area contributed by atoms with E-state index in [0.29, 0.717) is 24.0 Å². The third-order valence-electron chi connectivity index (χ3n) is 5.18. The number of hydrogen-bond donors (Lipinski definition) is 0. The maximum Gasteiger partial charge on any atom is 0.337 e. The zero-order chi connectivity index (χ0) is 20.4. The number of ether oxygens (including phenoxy) is 2. The first-order chi connectivity index (χ1) is 14.1. The Labute approximate surface area is 169 Å². The quantitative estimate of drug-likeness (QED) is 0.465. The van der Waals surface area contributed by atoms with Crippen LogP contribution in [-0.4, -0.2) is 23.8 Å².